The Kier molecular flexibility index (Phi) is 9.12. The second kappa shape index (κ2) is 10.5. The lowest BCUT2D eigenvalue weighted by Gasteiger charge is -2.27. The number of nitrogens with one attached hydrogen (secondary N) is 2. The van der Waals surface area contributed by atoms with Crippen LogP contribution < -0.4 is 10.6 Å². The van der Waals surface area contributed by atoms with E-state index < -0.39 is 0 Å². The molecule has 2 N–H and O–H groups in total. The molecule has 5 nitrogen and oxygen atoms in total. The SMILES string of the molecule is CCc1ccc(C(C)(C)CNC(=NC)NCCn2cc(C)cn2)cc1.I. The average Bonchev–Trinajstić information content (AvgIpc) is 3.03. The molecule has 1 aromatic carbocycles. The zero-order chi connectivity index (χ0) is 18.3. The maximum Gasteiger partial charge on any atom is 0.191 e. The Balaban J connectivity index is 0.00000338. The van der Waals surface area contributed by atoms with Crippen molar-refractivity contribution in [2.24, 2.45) is 4.99 Å². The van der Waals surface area contributed by atoms with Gasteiger partial charge in [0.25, 0.3) is 0 Å². The van der Waals surface area contributed by atoms with Crippen molar-refractivity contribution in [3.63, 3.8) is 0 Å². The number of guanidine groups is 1. The third-order valence-corrected chi connectivity index (χ3v) is 4.46. The number of aromatic nitrogens is 2. The highest BCUT2D eigenvalue weighted by molar-refractivity contribution is 14.0. The van der Waals surface area contributed by atoms with Gasteiger partial charge in [0.15, 0.2) is 5.96 Å². The predicted octanol–water partition coefficient (Wildman–Crippen LogP) is 3.51. The summed E-state index contributed by atoms with van der Waals surface area (Å²) in [5.41, 5.74) is 3.92. The van der Waals surface area contributed by atoms with E-state index in [2.05, 4.69) is 65.8 Å². The molecule has 144 valence electrons. The van der Waals surface area contributed by atoms with E-state index in [0.717, 1.165) is 32.0 Å². The van der Waals surface area contributed by atoms with E-state index in [1.807, 2.05) is 24.0 Å². The second-order valence-electron chi connectivity index (χ2n) is 7.07. The quantitative estimate of drug-likeness (QED) is 0.371. The Bertz CT molecular complexity index is 688. The Morgan fingerprint density at radius 1 is 1.19 bits per heavy atom. The molecule has 6 heteroatoms. The summed E-state index contributed by atoms with van der Waals surface area (Å²) < 4.78 is 1.94. The normalized spacial score (nSPS) is 11.8. The molecule has 1 aromatic heterocycles. The molecule has 0 radical (unpaired) electrons. The highest BCUT2D eigenvalue weighted by Crippen LogP contribution is 2.22. The van der Waals surface area contributed by atoms with Gasteiger partial charge < -0.3 is 10.6 Å². The number of nitrogens with zero attached hydrogens (tertiary/aromatic N) is 3. The molecule has 0 aliphatic heterocycles. The van der Waals surface area contributed by atoms with Crippen LogP contribution in [0.1, 0.15) is 37.5 Å². The number of hydrogen-bond acceptors (Lipinski definition) is 2. The van der Waals surface area contributed by atoms with Crippen LogP contribution in [0.3, 0.4) is 0 Å². The number of halogens is 1. The fourth-order valence-corrected chi connectivity index (χ4v) is 2.70. The first-order valence-corrected chi connectivity index (χ1v) is 8.97. The minimum Gasteiger partial charge on any atom is -0.356 e. The molecule has 0 spiro atoms. The molecule has 0 saturated heterocycles. The van der Waals surface area contributed by atoms with Gasteiger partial charge in [-0.3, -0.25) is 9.67 Å². The molecule has 0 atom stereocenters. The van der Waals surface area contributed by atoms with E-state index in [-0.39, 0.29) is 29.4 Å². The Morgan fingerprint density at radius 2 is 1.88 bits per heavy atom. The minimum atomic E-state index is 0. The summed E-state index contributed by atoms with van der Waals surface area (Å²) in [6.07, 6.45) is 4.99. The molecule has 0 bridgehead atoms. The summed E-state index contributed by atoms with van der Waals surface area (Å²) in [5, 5.41) is 11.1. The van der Waals surface area contributed by atoms with Crippen LogP contribution in [-0.4, -0.2) is 35.9 Å². The van der Waals surface area contributed by atoms with Crippen LogP contribution in [-0.2, 0) is 18.4 Å². The van der Waals surface area contributed by atoms with Crippen LogP contribution in [0.25, 0.3) is 0 Å². The summed E-state index contributed by atoms with van der Waals surface area (Å²) in [5.74, 6) is 0.821. The second-order valence-corrected chi connectivity index (χ2v) is 7.07. The highest BCUT2D eigenvalue weighted by atomic mass is 127. The van der Waals surface area contributed by atoms with E-state index in [1.165, 1.54) is 16.7 Å². The molecule has 0 aliphatic carbocycles. The van der Waals surface area contributed by atoms with Crippen molar-refractivity contribution >= 4 is 29.9 Å². The maximum atomic E-state index is 4.31. The molecule has 0 unspecified atom stereocenters. The lowest BCUT2D eigenvalue weighted by Crippen LogP contribution is -2.44. The van der Waals surface area contributed by atoms with Gasteiger partial charge in [-0.05, 0) is 30.0 Å². The van der Waals surface area contributed by atoms with Gasteiger partial charge in [-0.2, -0.15) is 5.10 Å². The smallest absolute Gasteiger partial charge is 0.191 e. The van der Waals surface area contributed by atoms with Crippen molar-refractivity contribution in [1.29, 1.82) is 0 Å². The van der Waals surface area contributed by atoms with E-state index in [4.69, 9.17) is 0 Å². The van der Waals surface area contributed by atoms with Crippen LogP contribution in [0, 0.1) is 6.92 Å². The Morgan fingerprint density at radius 3 is 2.42 bits per heavy atom. The first-order chi connectivity index (χ1) is 11.9. The lowest BCUT2D eigenvalue weighted by molar-refractivity contribution is 0.506. The number of benzene rings is 1. The molecular formula is C20H32IN5. The molecule has 2 rings (SSSR count). The van der Waals surface area contributed by atoms with E-state index in [1.54, 1.807) is 7.05 Å². The Hall–Kier alpha value is -1.57. The number of hydrogen-bond donors (Lipinski definition) is 2. The van der Waals surface area contributed by atoms with Gasteiger partial charge in [0.1, 0.15) is 0 Å². The molecule has 26 heavy (non-hydrogen) atoms. The predicted molar refractivity (Wildman–Crippen MR) is 121 cm³/mol. The molecule has 0 saturated carbocycles. The summed E-state index contributed by atoms with van der Waals surface area (Å²) in [6, 6.07) is 8.90. The molecule has 0 amide bonds. The number of rotatable bonds is 7. The highest BCUT2D eigenvalue weighted by Gasteiger charge is 2.20. The average molecular weight is 469 g/mol. The van der Waals surface area contributed by atoms with Gasteiger partial charge in [-0.1, -0.05) is 45.0 Å². The van der Waals surface area contributed by atoms with E-state index >= 15 is 0 Å². The zero-order valence-corrected chi connectivity index (χ0v) is 18.9. The largest absolute Gasteiger partial charge is 0.356 e. The first-order valence-electron chi connectivity index (χ1n) is 8.97. The van der Waals surface area contributed by atoms with Gasteiger partial charge >= 0.3 is 0 Å². The molecule has 0 aliphatic rings. The number of aryl methyl sites for hydroxylation is 2. The standard InChI is InChI=1S/C20H31N5.HI/c1-6-17-7-9-18(10-8-17)20(3,4)15-23-19(21-5)22-11-12-25-14-16(2)13-24-25;/h7-10,13-14H,6,11-12,15H2,1-5H3,(H2,21,22,23);1H. The van der Waals surface area contributed by atoms with Gasteiger partial charge in [0, 0.05) is 31.7 Å². The van der Waals surface area contributed by atoms with Crippen LogP contribution in [0.15, 0.2) is 41.7 Å². The van der Waals surface area contributed by atoms with Gasteiger partial charge in [0.2, 0.25) is 0 Å². The topological polar surface area (TPSA) is 54.2 Å². The zero-order valence-electron chi connectivity index (χ0n) is 16.5. The fourth-order valence-electron chi connectivity index (χ4n) is 2.70. The van der Waals surface area contributed by atoms with Crippen molar-refractivity contribution in [3.05, 3.63) is 53.3 Å². The van der Waals surface area contributed by atoms with Gasteiger partial charge in [-0.15, -0.1) is 24.0 Å². The van der Waals surface area contributed by atoms with Gasteiger partial charge in [0.05, 0.1) is 12.7 Å². The van der Waals surface area contributed by atoms with Gasteiger partial charge in [-0.25, -0.2) is 0 Å². The van der Waals surface area contributed by atoms with Crippen molar-refractivity contribution in [2.45, 2.75) is 46.1 Å². The minimum absolute atomic E-state index is 0. The lowest BCUT2D eigenvalue weighted by atomic mass is 9.84. The maximum absolute atomic E-state index is 4.31. The third-order valence-electron chi connectivity index (χ3n) is 4.46. The number of aliphatic imine (C=N–C) groups is 1. The molecule has 0 fully saturated rings. The first kappa shape index (κ1) is 22.5. The van der Waals surface area contributed by atoms with Crippen molar-refractivity contribution in [1.82, 2.24) is 20.4 Å². The molecular weight excluding hydrogens is 437 g/mol. The monoisotopic (exact) mass is 469 g/mol. The summed E-state index contributed by atoms with van der Waals surface area (Å²) in [6.45, 7) is 11.2. The summed E-state index contributed by atoms with van der Waals surface area (Å²) >= 11 is 0. The summed E-state index contributed by atoms with van der Waals surface area (Å²) in [4.78, 5) is 4.31. The van der Waals surface area contributed by atoms with Crippen LogP contribution >= 0.6 is 24.0 Å². The van der Waals surface area contributed by atoms with Crippen LogP contribution in [0.4, 0.5) is 0 Å². The van der Waals surface area contributed by atoms with Crippen LogP contribution in [0.2, 0.25) is 0 Å². The fraction of sp³-hybridized carbons (Fsp3) is 0.500. The third kappa shape index (κ3) is 6.63. The van der Waals surface area contributed by atoms with E-state index in [0.29, 0.717) is 0 Å². The molecule has 2 aromatic rings. The van der Waals surface area contributed by atoms with Crippen LogP contribution in [0.5, 0.6) is 0 Å². The van der Waals surface area contributed by atoms with Crippen molar-refractivity contribution < 1.29 is 0 Å². The Labute approximate surface area is 174 Å². The summed E-state index contributed by atoms with van der Waals surface area (Å²) in [7, 11) is 1.80. The van der Waals surface area contributed by atoms with Crippen molar-refractivity contribution in [2.75, 3.05) is 20.1 Å². The van der Waals surface area contributed by atoms with E-state index in [9.17, 15) is 0 Å². The van der Waals surface area contributed by atoms with Crippen molar-refractivity contribution in [3.8, 4) is 0 Å². The molecule has 1 heterocycles.